The Morgan fingerprint density at radius 1 is 0.806 bits per heavy atom. The number of hydrogen-bond acceptors (Lipinski definition) is 3. The van der Waals surface area contributed by atoms with Crippen molar-refractivity contribution in [2.75, 3.05) is 19.6 Å². The zero-order chi connectivity index (χ0) is 21.3. The van der Waals surface area contributed by atoms with E-state index < -0.39 is 0 Å². The molecule has 0 aliphatic rings. The second kappa shape index (κ2) is 11.2. The summed E-state index contributed by atoms with van der Waals surface area (Å²) in [7, 11) is 0. The molecule has 31 heavy (non-hydrogen) atoms. The van der Waals surface area contributed by atoms with Crippen molar-refractivity contribution >= 4 is 38.9 Å². The molecule has 4 heteroatoms. The van der Waals surface area contributed by atoms with E-state index in [0.29, 0.717) is 0 Å². The molecule has 0 radical (unpaired) electrons. The minimum absolute atomic E-state index is 0.831. The van der Waals surface area contributed by atoms with Crippen molar-refractivity contribution in [3.63, 3.8) is 0 Å². The lowest BCUT2D eigenvalue weighted by molar-refractivity contribution is 0.637. The first-order valence-corrected chi connectivity index (χ1v) is 11.6. The van der Waals surface area contributed by atoms with E-state index in [-0.39, 0.29) is 0 Å². The van der Waals surface area contributed by atoms with Crippen LogP contribution in [-0.2, 0) is 6.54 Å². The van der Waals surface area contributed by atoms with Gasteiger partial charge in [0, 0.05) is 47.5 Å². The van der Waals surface area contributed by atoms with E-state index in [2.05, 4.69) is 123 Å². The molecule has 0 unspecified atom stereocenters. The van der Waals surface area contributed by atoms with Crippen LogP contribution in [0.25, 0.3) is 16.3 Å². The molecular formula is C27H26IN3. The number of nitrogens with one attached hydrogen (secondary N) is 2. The topological polar surface area (TPSA) is 37.0 Å². The minimum Gasteiger partial charge on any atom is -0.312 e. The maximum Gasteiger partial charge on any atom is 0.0346 e. The third kappa shape index (κ3) is 6.00. The predicted molar refractivity (Wildman–Crippen MR) is 139 cm³/mol. The number of rotatable bonds is 9. The number of aromatic nitrogens is 1. The molecule has 2 N–H and O–H groups in total. The van der Waals surface area contributed by atoms with Crippen molar-refractivity contribution in [3.8, 4) is 0 Å². The number of hydrogen-bond donors (Lipinski definition) is 2. The van der Waals surface area contributed by atoms with Crippen LogP contribution in [0.1, 0.15) is 16.7 Å². The van der Waals surface area contributed by atoms with Crippen molar-refractivity contribution in [3.05, 3.63) is 118 Å². The average molecular weight is 519 g/mol. The standard InChI is InChI=1S/C27H26IN3/c28-25-11-9-22(10-12-25)26(21-5-2-1-3-6-21)13-15-29-17-18-31-20-24-8-4-7-23-19-30-16-14-27(23)24/h1-14,16,19,29,31H,15,17-18,20H2/b26-13+. The Morgan fingerprint density at radius 3 is 2.42 bits per heavy atom. The fourth-order valence-corrected chi connectivity index (χ4v) is 4.03. The minimum atomic E-state index is 0.831. The van der Waals surface area contributed by atoms with Crippen LogP contribution in [0.5, 0.6) is 0 Å². The summed E-state index contributed by atoms with van der Waals surface area (Å²) in [5, 5.41) is 9.55. The first-order valence-electron chi connectivity index (χ1n) is 10.6. The summed E-state index contributed by atoms with van der Waals surface area (Å²) in [6.45, 7) is 3.52. The maximum atomic E-state index is 4.21. The SMILES string of the molecule is Ic1ccc(/C(=C/CNCCNCc2cccc3cnccc23)c2ccccc2)cc1. The van der Waals surface area contributed by atoms with Crippen molar-refractivity contribution < 1.29 is 0 Å². The lowest BCUT2D eigenvalue weighted by atomic mass is 9.98. The Morgan fingerprint density at radius 2 is 1.58 bits per heavy atom. The molecule has 0 saturated carbocycles. The van der Waals surface area contributed by atoms with Gasteiger partial charge in [0.05, 0.1) is 0 Å². The Hall–Kier alpha value is -2.54. The fourth-order valence-electron chi connectivity index (χ4n) is 3.67. The van der Waals surface area contributed by atoms with Gasteiger partial charge in [0.2, 0.25) is 0 Å². The highest BCUT2D eigenvalue weighted by Gasteiger charge is 2.04. The van der Waals surface area contributed by atoms with Crippen LogP contribution in [0.2, 0.25) is 0 Å². The highest BCUT2D eigenvalue weighted by molar-refractivity contribution is 14.1. The second-order valence-corrected chi connectivity index (χ2v) is 8.63. The molecule has 0 fully saturated rings. The quantitative estimate of drug-likeness (QED) is 0.222. The zero-order valence-corrected chi connectivity index (χ0v) is 19.5. The van der Waals surface area contributed by atoms with Gasteiger partial charge in [-0.3, -0.25) is 4.98 Å². The molecule has 0 bridgehead atoms. The van der Waals surface area contributed by atoms with Crippen LogP contribution in [0.3, 0.4) is 0 Å². The summed E-state index contributed by atoms with van der Waals surface area (Å²) in [4.78, 5) is 4.21. The molecule has 4 rings (SSSR count). The number of fused-ring (bicyclic) bond motifs is 1. The molecule has 0 saturated heterocycles. The predicted octanol–water partition coefficient (Wildman–Crippen LogP) is 5.65. The summed E-state index contributed by atoms with van der Waals surface area (Å²) < 4.78 is 1.25. The monoisotopic (exact) mass is 519 g/mol. The van der Waals surface area contributed by atoms with E-state index in [1.807, 2.05) is 12.4 Å². The summed E-state index contributed by atoms with van der Waals surface area (Å²) in [5.74, 6) is 0. The van der Waals surface area contributed by atoms with E-state index in [1.54, 1.807) is 0 Å². The normalized spacial score (nSPS) is 11.7. The van der Waals surface area contributed by atoms with Crippen LogP contribution in [0.4, 0.5) is 0 Å². The van der Waals surface area contributed by atoms with Gasteiger partial charge in [-0.15, -0.1) is 0 Å². The summed E-state index contributed by atoms with van der Waals surface area (Å²) >= 11 is 2.35. The third-order valence-corrected chi connectivity index (χ3v) is 5.97. The van der Waals surface area contributed by atoms with Gasteiger partial charge in [-0.25, -0.2) is 0 Å². The van der Waals surface area contributed by atoms with Crippen molar-refractivity contribution in [1.29, 1.82) is 0 Å². The van der Waals surface area contributed by atoms with Gasteiger partial charge in [0.15, 0.2) is 0 Å². The van der Waals surface area contributed by atoms with Crippen LogP contribution in [-0.4, -0.2) is 24.6 Å². The fraction of sp³-hybridized carbons (Fsp3) is 0.148. The van der Waals surface area contributed by atoms with Crippen LogP contribution < -0.4 is 10.6 Å². The van der Waals surface area contributed by atoms with Crippen molar-refractivity contribution in [2.24, 2.45) is 0 Å². The van der Waals surface area contributed by atoms with Gasteiger partial charge in [0.25, 0.3) is 0 Å². The maximum absolute atomic E-state index is 4.21. The molecule has 0 aliphatic carbocycles. The summed E-state index contributed by atoms with van der Waals surface area (Å²) in [5.41, 5.74) is 5.07. The first-order chi connectivity index (χ1) is 15.3. The second-order valence-electron chi connectivity index (χ2n) is 7.39. The zero-order valence-electron chi connectivity index (χ0n) is 17.4. The molecule has 0 spiro atoms. The van der Waals surface area contributed by atoms with Gasteiger partial charge >= 0.3 is 0 Å². The van der Waals surface area contributed by atoms with E-state index in [9.17, 15) is 0 Å². The lowest BCUT2D eigenvalue weighted by Crippen LogP contribution is -2.27. The van der Waals surface area contributed by atoms with Gasteiger partial charge in [0.1, 0.15) is 0 Å². The van der Waals surface area contributed by atoms with Crippen molar-refractivity contribution in [1.82, 2.24) is 15.6 Å². The van der Waals surface area contributed by atoms with Crippen LogP contribution in [0.15, 0.2) is 97.3 Å². The van der Waals surface area contributed by atoms with E-state index >= 15 is 0 Å². The Bertz CT molecular complexity index is 1130. The largest absolute Gasteiger partial charge is 0.312 e. The molecule has 1 aromatic heterocycles. The summed E-state index contributed by atoms with van der Waals surface area (Å²) in [6.07, 6.45) is 6.07. The number of halogens is 1. The Kier molecular flexibility index (Phi) is 7.82. The molecule has 156 valence electrons. The number of pyridine rings is 1. The Balaban J connectivity index is 1.31. The molecule has 4 aromatic rings. The first kappa shape index (κ1) is 21.7. The van der Waals surface area contributed by atoms with Crippen LogP contribution in [0, 0.1) is 3.57 Å². The number of benzene rings is 3. The Labute approximate surface area is 197 Å². The molecule has 0 atom stereocenters. The van der Waals surface area contributed by atoms with Gasteiger partial charge < -0.3 is 10.6 Å². The third-order valence-electron chi connectivity index (χ3n) is 5.26. The van der Waals surface area contributed by atoms with Gasteiger partial charge in [-0.05, 0) is 68.4 Å². The summed E-state index contributed by atoms with van der Waals surface area (Å²) in [6, 6.07) is 27.8. The molecular weight excluding hydrogens is 493 g/mol. The average Bonchev–Trinajstić information content (AvgIpc) is 2.82. The molecule has 3 aromatic carbocycles. The van der Waals surface area contributed by atoms with Crippen molar-refractivity contribution in [2.45, 2.75) is 6.54 Å². The smallest absolute Gasteiger partial charge is 0.0346 e. The van der Waals surface area contributed by atoms with E-state index in [4.69, 9.17) is 0 Å². The van der Waals surface area contributed by atoms with Crippen LogP contribution >= 0.6 is 22.6 Å². The highest BCUT2D eigenvalue weighted by atomic mass is 127. The van der Waals surface area contributed by atoms with E-state index in [1.165, 1.54) is 36.6 Å². The van der Waals surface area contributed by atoms with Gasteiger partial charge in [-0.2, -0.15) is 0 Å². The van der Waals surface area contributed by atoms with Gasteiger partial charge in [-0.1, -0.05) is 66.7 Å². The molecule has 0 amide bonds. The number of nitrogens with zero attached hydrogens (tertiary/aromatic N) is 1. The molecule has 1 heterocycles. The molecule has 0 aliphatic heterocycles. The highest BCUT2D eigenvalue weighted by Crippen LogP contribution is 2.23. The van der Waals surface area contributed by atoms with E-state index in [0.717, 1.165) is 26.2 Å². The lowest BCUT2D eigenvalue weighted by Gasteiger charge is -2.11. The molecule has 3 nitrogen and oxygen atoms in total.